The Balaban J connectivity index is 1.81. The third-order valence-electron chi connectivity index (χ3n) is 4.96. The summed E-state index contributed by atoms with van der Waals surface area (Å²) < 4.78 is 38.2. The van der Waals surface area contributed by atoms with Gasteiger partial charge in [0.05, 0.1) is 6.10 Å². The molecule has 1 fully saturated rings. The Morgan fingerprint density at radius 2 is 2.00 bits per heavy atom. The number of nitrogen functional groups attached to an aromatic ring is 1. The van der Waals surface area contributed by atoms with Crippen molar-refractivity contribution >= 4 is 30.2 Å². The molecule has 2 heterocycles. The maximum atomic E-state index is 15.7. The van der Waals surface area contributed by atoms with Gasteiger partial charge in [-0.3, -0.25) is 9.36 Å². The minimum atomic E-state index is -3.67. The van der Waals surface area contributed by atoms with Gasteiger partial charge in [0, 0.05) is 6.20 Å². The van der Waals surface area contributed by atoms with E-state index in [1.807, 2.05) is 0 Å². The Kier molecular flexibility index (Phi) is 8.83. The van der Waals surface area contributed by atoms with Crippen LogP contribution < -0.4 is 21.0 Å². The fourth-order valence-corrected chi connectivity index (χ4v) is 5.61. The number of aliphatic hydroxyl groups is 2. The highest BCUT2D eigenvalue weighted by Crippen LogP contribution is 2.48. The molecular formula is C21H28FN4O8PS. The highest BCUT2D eigenvalue weighted by atomic mass is 32.5. The van der Waals surface area contributed by atoms with Crippen LogP contribution in [0.3, 0.4) is 0 Å². The zero-order valence-electron chi connectivity index (χ0n) is 19.7. The van der Waals surface area contributed by atoms with E-state index in [1.165, 1.54) is 13.0 Å². The van der Waals surface area contributed by atoms with Gasteiger partial charge in [-0.05, 0) is 50.8 Å². The number of nitrogens with zero attached hydrogens (tertiary/aromatic N) is 2. The molecule has 1 aromatic heterocycles. The topological polar surface area (TPSA) is 167 Å². The molecule has 36 heavy (non-hydrogen) atoms. The number of anilines is 1. The van der Waals surface area contributed by atoms with E-state index in [9.17, 15) is 19.8 Å². The summed E-state index contributed by atoms with van der Waals surface area (Å²) in [5, 5.41) is 23.5. The van der Waals surface area contributed by atoms with Gasteiger partial charge in [-0.1, -0.05) is 18.2 Å². The van der Waals surface area contributed by atoms with E-state index < -0.39 is 61.3 Å². The summed E-state index contributed by atoms with van der Waals surface area (Å²) in [4.78, 5) is 27.9. The third kappa shape index (κ3) is 6.65. The number of nitrogens with two attached hydrogens (primary N) is 1. The minimum absolute atomic E-state index is 0.0888. The molecule has 0 unspecified atom stereocenters. The second kappa shape index (κ2) is 11.3. The molecule has 2 aromatic rings. The molecule has 1 aromatic carbocycles. The van der Waals surface area contributed by atoms with Crippen LogP contribution in [0.4, 0.5) is 10.2 Å². The summed E-state index contributed by atoms with van der Waals surface area (Å²) in [6.45, 7) is 0.132. The van der Waals surface area contributed by atoms with Crippen molar-refractivity contribution in [3.05, 3.63) is 53.1 Å². The van der Waals surface area contributed by atoms with Crippen LogP contribution in [0.25, 0.3) is 0 Å². The smallest absolute Gasteiger partial charge is 0.351 e. The number of esters is 1. The lowest BCUT2D eigenvalue weighted by Gasteiger charge is -2.30. The van der Waals surface area contributed by atoms with Crippen LogP contribution in [0.15, 0.2) is 47.4 Å². The summed E-state index contributed by atoms with van der Waals surface area (Å²) in [5.41, 5.74) is 4.53. The van der Waals surface area contributed by atoms with Crippen LogP contribution in [0, 0.1) is 0 Å². The number of carbonyl (C=O) groups excluding carboxylic acids is 1. The van der Waals surface area contributed by atoms with E-state index in [0.717, 1.165) is 10.8 Å². The number of aromatic nitrogens is 2. The van der Waals surface area contributed by atoms with Crippen molar-refractivity contribution in [2.45, 2.75) is 57.2 Å². The number of aliphatic hydroxyl groups excluding tert-OH is 2. The Labute approximate surface area is 211 Å². The molecule has 198 valence electrons. The summed E-state index contributed by atoms with van der Waals surface area (Å²) >= 11 is 5.51. The van der Waals surface area contributed by atoms with Gasteiger partial charge >= 0.3 is 18.3 Å². The second-order valence-electron chi connectivity index (χ2n) is 8.28. The number of hydrogen-bond acceptors (Lipinski definition) is 11. The van der Waals surface area contributed by atoms with Crippen LogP contribution in [-0.4, -0.2) is 62.5 Å². The molecule has 0 amide bonds. The van der Waals surface area contributed by atoms with E-state index in [-0.39, 0.29) is 11.6 Å². The number of hydrogen-bond donors (Lipinski definition) is 4. The van der Waals surface area contributed by atoms with Crippen molar-refractivity contribution in [3.8, 4) is 5.75 Å². The summed E-state index contributed by atoms with van der Waals surface area (Å²) in [6, 6.07) is 8.49. The first kappa shape index (κ1) is 28.1. The monoisotopic (exact) mass is 546 g/mol. The Morgan fingerprint density at radius 1 is 1.33 bits per heavy atom. The first-order valence-electron chi connectivity index (χ1n) is 10.9. The van der Waals surface area contributed by atoms with Crippen molar-refractivity contribution in [1.82, 2.24) is 14.6 Å². The zero-order chi connectivity index (χ0) is 26.7. The lowest BCUT2D eigenvalue weighted by molar-refractivity contribution is -0.203. The number of benzene rings is 1. The summed E-state index contributed by atoms with van der Waals surface area (Å²) in [6.07, 6.45) is -4.87. The number of alkyl halides is 1. The lowest BCUT2D eigenvalue weighted by atomic mass is 10.1. The first-order valence-corrected chi connectivity index (χ1v) is 13.5. The maximum absolute atomic E-state index is 15.7. The molecule has 0 spiro atoms. The molecule has 1 aliphatic heterocycles. The van der Waals surface area contributed by atoms with Gasteiger partial charge < -0.3 is 34.5 Å². The number of halogens is 1. The van der Waals surface area contributed by atoms with E-state index in [4.69, 9.17) is 36.1 Å². The van der Waals surface area contributed by atoms with E-state index in [0.29, 0.717) is 0 Å². The standard InChI is InChI=1S/C21H28FN4O8PS/c1-12(2)32-19(29)13(3)25-35(36,34-14-7-5-4-6-8-14)31-11-21(22)17(28)16(27)18(33-21)26-10-9-15(23)24-20(26)30/h4-10,12-13,16-18,27-28H,11H2,1-3H3,(H,25,36)(H2,23,24,30)/t13-,16-,17+,18-,21-,35+/m1/s1. The van der Waals surface area contributed by atoms with Gasteiger partial charge in [0.15, 0.2) is 6.23 Å². The second-order valence-corrected chi connectivity index (χ2v) is 11.4. The fraction of sp³-hybridized carbons (Fsp3) is 0.476. The highest BCUT2D eigenvalue weighted by Gasteiger charge is 2.57. The Bertz CT molecular complexity index is 1170. The predicted molar refractivity (Wildman–Crippen MR) is 130 cm³/mol. The van der Waals surface area contributed by atoms with Crippen LogP contribution in [-0.2, 0) is 30.6 Å². The molecule has 1 aliphatic rings. The van der Waals surface area contributed by atoms with Crippen molar-refractivity contribution in [2.24, 2.45) is 0 Å². The molecule has 1 saturated heterocycles. The molecule has 3 rings (SSSR count). The van der Waals surface area contributed by atoms with Gasteiger partial charge in [-0.2, -0.15) is 4.98 Å². The molecule has 0 aliphatic carbocycles. The quantitative estimate of drug-likeness (QED) is 0.247. The number of para-hydroxylation sites is 1. The highest BCUT2D eigenvalue weighted by molar-refractivity contribution is 8.09. The molecule has 6 atom stereocenters. The largest absolute Gasteiger partial charge is 0.462 e. The number of ether oxygens (including phenoxy) is 2. The number of carbonyl (C=O) groups is 1. The normalized spacial score (nSPS) is 26.4. The fourth-order valence-electron chi connectivity index (χ4n) is 3.22. The SMILES string of the molecule is CC(C)OC(=O)[C@@H](C)N[P@](=S)(OC[C@@]1(F)O[C@@H](n2ccc(N)nc2=O)[C@H](O)[C@@H]1O)Oc1ccccc1. The van der Waals surface area contributed by atoms with Gasteiger partial charge in [0.2, 0.25) is 0 Å². The Morgan fingerprint density at radius 3 is 2.61 bits per heavy atom. The number of nitrogens with one attached hydrogen (secondary N) is 1. The molecule has 0 bridgehead atoms. The van der Waals surface area contributed by atoms with Crippen molar-refractivity contribution in [2.75, 3.05) is 12.3 Å². The minimum Gasteiger partial charge on any atom is -0.462 e. The average Bonchev–Trinajstić information content (AvgIpc) is 3.02. The van der Waals surface area contributed by atoms with Crippen molar-refractivity contribution < 1.29 is 37.9 Å². The van der Waals surface area contributed by atoms with E-state index in [2.05, 4.69) is 10.1 Å². The third-order valence-corrected chi connectivity index (χ3v) is 7.44. The van der Waals surface area contributed by atoms with Crippen LogP contribution in [0.1, 0.15) is 27.0 Å². The van der Waals surface area contributed by atoms with Crippen molar-refractivity contribution in [3.63, 3.8) is 0 Å². The number of rotatable bonds is 10. The van der Waals surface area contributed by atoms with Crippen LogP contribution >= 0.6 is 6.64 Å². The van der Waals surface area contributed by atoms with Gasteiger partial charge in [0.1, 0.15) is 36.4 Å². The first-order chi connectivity index (χ1) is 16.8. The molecule has 5 N–H and O–H groups in total. The van der Waals surface area contributed by atoms with Crippen molar-refractivity contribution in [1.29, 1.82) is 0 Å². The maximum Gasteiger partial charge on any atom is 0.351 e. The zero-order valence-corrected chi connectivity index (χ0v) is 21.4. The molecule has 12 nitrogen and oxygen atoms in total. The summed E-state index contributed by atoms with van der Waals surface area (Å²) in [5.74, 6) is -3.46. The molecule has 0 radical (unpaired) electrons. The average molecular weight is 547 g/mol. The Hall–Kier alpha value is -2.45. The van der Waals surface area contributed by atoms with Crippen LogP contribution in [0.2, 0.25) is 0 Å². The van der Waals surface area contributed by atoms with E-state index >= 15 is 4.39 Å². The van der Waals surface area contributed by atoms with Gasteiger partial charge in [-0.25, -0.2) is 14.3 Å². The predicted octanol–water partition coefficient (Wildman–Crippen LogP) is 0.992. The lowest BCUT2D eigenvalue weighted by Crippen LogP contribution is -2.44. The summed E-state index contributed by atoms with van der Waals surface area (Å²) in [7, 11) is 0. The molecular weight excluding hydrogens is 518 g/mol. The van der Waals surface area contributed by atoms with E-state index in [1.54, 1.807) is 44.2 Å². The van der Waals surface area contributed by atoms with Crippen LogP contribution in [0.5, 0.6) is 5.75 Å². The molecule has 0 saturated carbocycles. The van der Waals surface area contributed by atoms with Gasteiger partial charge in [-0.15, -0.1) is 0 Å². The molecule has 15 heteroatoms. The van der Waals surface area contributed by atoms with Gasteiger partial charge in [0.25, 0.3) is 5.85 Å².